The number of benzene rings is 2. The Kier molecular flexibility index (Phi) is 5.30. The van der Waals surface area contributed by atoms with Gasteiger partial charge in [0, 0.05) is 18.0 Å². The minimum absolute atomic E-state index is 0.823. The molecule has 1 heterocycles. The molecule has 0 saturated heterocycles. The minimum Gasteiger partial charge on any atom is -0.497 e. The van der Waals surface area contributed by atoms with Crippen LogP contribution in [-0.2, 0) is 0 Å². The minimum atomic E-state index is 0.823. The first-order valence-electron chi connectivity index (χ1n) is 7.71. The van der Waals surface area contributed by atoms with Crippen molar-refractivity contribution >= 4 is 17.6 Å². The number of aromatic nitrogens is 1. The lowest BCUT2D eigenvalue weighted by molar-refractivity contribution is 0.414. The van der Waals surface area contributed by atoms with Gasteiger partial charge in [-0.05, 0) is 54.1 Å². The molecule has 6 heteroatoms. The summed E-state index contributed by atoms with van der Waals surface area (Å²) in [5, 5.41) is 6.67. The van der Waals surface area contributed by atoms with E-state index in [-0.39, 0.29) is 0 Å². The van der Waals surface area contributed by atoms with Gasteiger partial charge in [0.25, 0.3) is 0 Å². The molecule has 0 unspecified atom stereocenters. The Morgan fingerprint density at radius 3 is 2.08 bits per heavy atom. The van der Waals surface area contributed by atoms with Crippen molar-refractivity contribution < 1.29 is 9.47 Å². The second-order valence-corrected chi connectivity index (χ2v) is 6.02. The highest BCUT2D eigenvalue weighted by molar-refractivity contribution is 7.07. The fourth-order valence-corrected chi connectivity index (χ4v) is 3.14. The molecule has 0 atom stereocenters. The van der Waals surface area contributed by atoms with E-state index in [2.05, 4.69) is 15.5 Å². The molecule has 128 valence electrons. The Morgan fingerprint density at radius 1 is 0.920 bits per heavy atom. The molecular weight excluding hydrogens is 334 g/mol. The summed E-state index contributed by atoms with van der Waals surface area (Å²) in [7, 11) is 5.08. The Hall–Kier alpha value is -2.86. The van der Waals surface area contributed by atoms with Crippen molar-refractivity contribution in [2.24, 2.45) is 10.1 Å². The predicted octanol–water partition coefficient (Wildman–Crippen LogP) is 3.65. The zero-order chi connectivity index (χ0) is 17.6. The van der Waals surface area contributed by atoms with Gasteiger partial charge in [0.2, 0.25) is 4.80 Å². The second-order valence-electron chi connectivity index (χ2n) is 5.19. The number of rotatable bonds is 5. The molecule has 0 aliphatic heterocycles. The summed E-state index contributed by atoms with van der Waals surface area (Å²) >= 11 is 1.55. The van der Waals surface area contributed by atoms with Crippen LogP contribution in [0, 0.1) is 0 Å². The zero-order valence-electron chi connectivity index (χ0n) is 14.3. The fourth-order valence-electron chi connectivity index (χ4n) is 2.34. The largest absolute Gasteiger partial charge is 0.497 e. The molecule has 0 bridgehead atoms. The van der Waals surface area contributed by atoms with Crippen molar-refractivity contribution in [3.05, 3.63) is 64.3 Å². The normalized spacial score (nSPS) is 11.9. The Bertz CT molecular complexity index is 923. The van der Waals surface area contributed by atoms with E-state index in [4.69, 9.17) is 9.47 Å². The third-order valence-corrected chi connectivity index (χ3v) is 4.61. The van der Waals surface area contributed by atoms with E-state index in [1.807, 2.05) is 59.4 Å². The van der Waals surface area contributed by atoms with E-state index in [1.165, 1.54) is 0 Å². The van der Waals surface area contributed by atoms with Crippen molar-refractivity contribution in [1.29, 1.82) is 0 Å². The summed E-state index contributed by atoms with van der Waals surface area (Å²) < 4.78 is 12.2. The summed E-state index contributed by atoms with van der Waals surface area (Å²) in [6.07, 6.45) is 1.81. The van der Waals surface area contributed by atoms with E-state index in [9.17, 15) is 0 Å². The molecular formula is C19H19N3O2S. The van der Waals surface area contributed by atoms with Crippen LogP contribution in [0.4, 0.5) is 0 Å². The first kappa shape index (κ1) is 17.0. The number of nitrogens with zero attached hydrogens (tertiary/aromatic N) is 3. The SMILES string of the molecule is CN=c1scc(-c2ccc(OC)cc2)n1N=Cc1ccc(OC)cc1. The molecule has 0 radical (unpaired) electrons. The predicted molar refractivity (Wildman–Crippen MR) is 102 cm³/mol. The van der Waals surface area contributed by atoms with Crippen molar-refractivity contribution in [3.8, 4) is 22.8 Å². The van der Waals surface area contributed by atoms with Crippen LogP contribution in [0.2, 0.25) is 0 Å². The smallest absolute Gasteiger partial charge is 0.205 e. The quantitative estimate of drug-likeness (QED) is 0.658. The van der Waals surface area contributed by atoms with Crippen LogP contribution < -0.4 is 14.3 Å². The second kappa shape index (κ2) is 7.81. The van der Waals surface area contributed by atoms with Gasteiger partial charge in [-0.2, -0.15) is 5.10 Å². The van der Waals surface area contributed by atoms with Gasteiger partial charge in [-0.3, -0.25) is 4.99 Å². The monoisotopic (exact) mass is 353 g/mol. The number of thiazole rings is 1. The Balaban J connectivity index is 1.96. The first-order chi connectivity index (χ1) is 12.2. The molecule has 0 aliphatic carbocycles. The maximum absolute atomic E-state index is 5.22. The molecule has 0 saturated carbocycles. The van der Waals surface area contributed by atoms with E-state index in [1.54, 1.807) is 32.6 Å². The van der Waals surface area contributed by atoms with Crippen LogP contribution in [0.3, 0.4) is 0 Å². The summed E-state index contributed by atoms with van der Waals surface area (Å²) in [5.74, 6) is 1.65. The van der Waals surface area contributed by atoms with Crippen LogP contribution in [0.5, 0.6) is 11.5 Å². The number of ether oxygens (including phenoxy) is 2. The maximum atomic E-state index is 5.22. The lowest BCUT2D eigenvalue weighted by Crippen LogP contribution is -2.11. The van der Waals surface area contributed by atoms with Gasteiger partial charge in [0.1, 0.15) is 11.5 Å². The van der Waals surface area contributed by atoms with Gasteiger partial charge >= 0.3 is 0 Å². The van der Waals surface area contributed by atoms with Crippen molar-refractivity contribution in [2.45, 2.75) is 0 Å². The van der Waals surface area contributed by atoms with Gasteiger partial charge in [-0.1, -0.05) is 0 Å². The van der Waals surface area contributed by atoms with Crippen LogP contribution in [-0.4, -0.2) is 32.2 Å². The molecule has 3 rings (SSSR count). The molecule has 0 spiro atoms. The molecule has 5 nitrogen and oxygen atoms in total. The number of hydrogen-bond acceptors (Lipinski definition) is 5. The molecule has 3 aromatic rings. The van der Waals surface area contributed by atoms with Crippen LogP contribution >= 0.6 is 11.3 Å². The van der Waals surface area contributed by atoms with Gasteiger partial charge < -0.3 is 9.47 Å². The highest BCUT2D eigenvalue weighted by Crippen LogP contribution is 2.23. The average molecular weight is 353 g/mol. The lowest BCUT2D eigenvalue weighted by atomic mass is 10.2. The highest BCUT2D eigenvalue weighted by atomic mass is 32.1. The molecule has 1 aromatic heterocycles. The Morgan fingerprint density at radius 2 is 1.52 bits per heavy atom. The van der Waals surface area contributed by atoms with Gasteiger partial charge in [0.15, 0.2) is 0 Å². The lowest BCUT2D eigenvalue weighted by Gasteiger charge is -2.05. The van der Waals surface area contributed by atoms with E-state index >= 15 is 0 Å². The van der Waals surface area contributed by atoms with Gasteiger partial charge in [-0.25, -0.2) is 4.68 Å². The molecule has 25 heavy (non-hydrogen) atoms. The molecule has 0 aliphatic rings. The summed E-state index contributed by atoms with van der Waals surface area (Å²) in [5.41, 5.74) is 3.03. The van der Waals surface area contributed by atoms with Crippen LogP contribution in [0.15, 0.2) is 64.0 Å². The van der Waals surface area contributed by atoms with E-state index < -0.39 is 0 Å². The van der Waals surface area contributed by atoms with Crippen molar-refractivity contribution in [3.63, 3.8) is 0 Å². The molecule has 0 amide bonds. The topological polar surface area (TPSA) is 48.1 Å². The average Bonchev–Trinajstić information content (AvgIpc) is 3.09. The molecule has 0 fully saturated rings. The number of hydrogen-bond donors (Lipinski definition) is 0. The van der Waals surface area contributed by atoms with E-state index in [0.29, 0.717) is 0 Å². The first-order valence-corrected chi connectivity index (χ1v) is 8.59. The highest BCUT2D eigenvalue weighted by Gasteiger charge is 2.07. The van der Waals surface area contributed by atoms with Crippen LogP contribution in [0.1, 0.15) is 5.56 Å². The zero-order valence-corrected chi connectivity index (χ0v) is 15.2. The summed E-state index contributed by atoms with van der Waals surface area (Å²) in [6.45, 7) is 0. The fraction of sp³-hybridized carbons (Fsp3) is 0.158. The Labute approximate surface area is 150 Å². The summed E-state index contributed by atoms with van der Waals surface area (Å²) in [4.78, 5) is 5.14. The third kappa shape index (κ3) is 3.80. The summed E-state index contributed by atoms with van der Waals surface area (Å²) in [6, 6.07) is 15.7. The third-order valence-electron chi connectivity index (χ3n) is 3.70. The van der Waals surface area contributed by atoms with Crippen molar-refractivity contribution in [1.82, 2.24) is 4.68 Å². The molecule has 0 N–H and O–H groups in total. The van der Waals surface area contributed by atoms with E-state index in [0.717, 1.165) is 33.1 Å². The standard InChI is InChI=1S/C19H19N3O2S/c1-20-19-22(21-12-14-4-8-16(23-2)9-5-14)18(13-25-19)15-6-10-17(24-3)11-7-15/h4-13H,1-3H3. The molecule has 2 aromatic carbocycles. The maximum Gasteiger partial charge on any atom is 0.205 e. The van der Waals surface area contributed by atoms with Gasteiger partial charge in [0.05, 0.1) is 26.1 Å². The number of methoxy groups -OCH3 is 2. The van der Waals surface area contributed by atoms with Crippen LogP contribution in [0.25, 0.3) is 11.3 Å². The van der Waals surface area contributed by atoms with Gasteiger partial charge in [-0.15, -0.1) is 11.3 Å². The van der Waals surface area contributed by atoms with Crippen molar-refractivity contribution in [2.75, 3.05) is 21.3 Å².